The number of hydrogen-bond donors (Lipinski definition) is 0. The number of piperidine rings is 1. The van der Waals surface area contributed by atoms with Crippen LogP contribution in [0.15, 0.2) is 42.6 Å². The number of fused-ring (bicyclic) bond motifs is 1. The average molecular weight is 381 g/mol. The van der Waals surface area contributed by atoms with Crippen LogP contribution in [0.3, 0.4) is 0 Å². The molecule has 4 nitrogen and oxygen atoms in total. The Balaban J connectivity index is 1.65. The SMILES string of the molecule is COCC1(F)CCN(Cc2c(-c3ccc(C)c(C)c3)nc3ccccn23)CC1. The maximum atomic E-state index is 14.7. The summed E-state index contributed by atoms with van der Waals surface area (Å²) in [6.45, 7) is 6.66. The molecule has 1 aliphatic heterocycles. The van der Waals surface area contributed by atoms with Gasteiger partial charge in [-0.05, 0) is 56.0 Å². The molecule has 1 aliphatic rings. The summed E-state index contributed by atoms with van der Waals surface area (Å²) in [5.41, 5.74) is 5.62. The molecule has 0 aliphatic carbocycles. The van der Waals surface area contributed by atoms with Crippen LogP contribution in [0.1, 0.15) is 29.7 Å². The van der Waals surface area contributed by atoms with Crippen molar-refractivity contribution >= 4 is 5.65 Å². The van der Waals surface area contributed by atoms with E-state index in [4.69, 9.17) is 9.72 Å². The quantitative estimate of drug-likeness (QED) is 0.648. The smallest absolute Gasteiger partial charge is 0.137 e. The number of aryl methyl sites for hydroxylation is 2. The minimum absolute atomic E-state index is 0.185. The zero-order valence-corrected chi connectivity index (χ0v) is 16.9. The summed E-state index contributed by atoms with van der Waals surface area (Å²) in [7, 11) is 1.57. The second-order valence-electron chi connectivity index (χ2n) is 8.00. The fraction of sp³-hybridized carbons (Fsp3) is 0.435. The molecule has 0 N–H and O–H groups in total. The van der Waals surface area contributed by atoms with Crippen molar-refractivity contribution in [3.63, 3.8) is 0 Å². The number of nitrogens with zero attached hydrogens (tertiary/aromatic N) is 3. The van der Waals surface area contributed by atoms with Crippen molar-refractivity contribution in [2.75, 3.05) is 26.8 Å². The molecule has 0 unspecified atom stereocenters. The van der Waals surface area contributed by atoms with E-state index in [2.05, 4.69) is 47.5 Å². The molecule has 0 radical (unpaired) electrons. The van der Waals surface area contributed by atoms with Crippen molar-refractivity contribution in [1.82, 2.24) is 14.3 Å². The molecule has 4 rings (SSSR count). The monoisotopic (exact) mass is 381 g/mol. The molecule has 3 aromatic rings. The summed E-state index contributed by atoms with van der Waals surface area (Å²) in [6.07, 6.45) is 3.09. The molecule has 2 aromatic heterocycles. The van der Waals surface area contributed by atoms with Gasteiger partial charge in [0.15, 0.2) is 0 Å². The first kappa shape index (κ1) is 19.1. The van der Waals surface area contributed by atoms with Gasteiger partial charge in [-0.1, -0.05) is 18.2 Å². The number of pyridine rings is 1. The van der Waals surface area contributed by atoms with Crippen LogP contribution in [-0.4, -0.2) is 46.8 Å². The first-order chi connectivity index (χ1) is 13.5. The number of hydrogen-bond acceptors (Lipinski definition) is 3. The molecule has 0 amide bonds. The molecule has 0 spiro atoms. The van der Waals surface area contributed by atoms with E-state index in [0.29, 0.717) is 12.8 Å². The predicted octanol–water partition coefficient (Wildman–Crippen LogP) is 4.57. The van der Waals surface area contributed by atoms with Crippen molar-refractivity contribution in [2.24, 2.45) is 0 Å². The second kappa shape index (κ2) is 7.64. The van der Waals surface area contributed by atoms with Gasteiger partial charge in [0, 0.05) is 38.5 Å². The third-order valence-corrected chi connectivity index (χ3v) is 5.94. The van der Waals surface area contributed by atoms with Crippen molar-refractivity contribution < 1.29 is 9.13 Å². The maximum Gasteiger partial charge on any atom is 0.137 e. The van der Waals surface area contributed by atoms with Crippen LogP contribution in [0, 0.1) is 13.8 Å². The van der Waals surface area contributed by atoms with Gasteiger partial charge in [-0.3, -0.25) is 4.90 Å². The molecule has 1 fully saturated rings. The second-order valence-corrected chi connectivity index (χ2v) is 8.00. The van der Waals surface area contributed by atoms with E-state index < -0.39 is 5.67 Å². The maximum absolute atomic E-state index is 14.7. The fourth-order valence-electron chi connectivity index (χ4n) is 4.04. The summed E-state index contributed by atoms with van der Waals surface area (Å²) in [4.78, 5) is 7.25. The average Bonchev–Trinajstić information content (AvgIpc) is 3.05. The number of aromatic nitrogens is 2. The van der Waals surface area contributed by atoms with Crippen molar-refractivity contribution in [3.8, 4) is 11.3 Å². The summed E-state index contributed by atoms with van der Waals surface area (Å²) in [5, 5.41) is 0. The van der Waals surface area contributed by atoms with E-state index in [-0.39, 0.29) is 6.61 Å². The third-order valence-electron chi connectivity index (χ3n) is 5.94. The molecule has 0 atom stereocenters. The molecule has 148 valence electrons. The van der Waals surface area contributed by atoms with E-state index in [1.54, 1.807) is 7.11 Å². The molecule has 3 heterocycles. The van der Waals surface area contributed by atoms with Crippen LogP contribution in [0.25, 0.3) is 16.9 Å². The van der Waals surface area contributed by atoms with Gasteiger partial charge in [0.1, 0.15) is 11.3 Å². The highest BCUT2D eigenvalue weighted by Gasteiger charge is 2.35. The van der Waals surface area contributed by atoms with E-state index in [1.807, 2.05) is 18.2 Å². The van der Waals surface area contributed by atoms with Crippen molar-refractivity contribution in [2.45, 2.75) is 38.9 Å². The molecular formula is C23H28FN3O. The largest absolute Gasteiger partial charge is 0.381 e. The van der Waals surface area contributed by atoms with Crippen LogP contribution in [0.5, 0.6) is 0 Å². The number of ether oxygens (including phenoxy) is 1. The third kappa shape index (κ3) is 3.69. The molecule has 1 aromatic carbocycles. The number of rotatable bonds is 5. The molecule has 1 saturated heterocycles. The highest BCUT2D eigenvalue weighted by molar-refractivity contribution is 5.67. The number of benzene rings is 1. The van der Waals surface area contributed by atoms with E-state index in [9.17, 15) is 4.39 Å². The van der Waals surface area contributed by atoms with E-state index in [0.717, 1.165) is 42.2 Å². The Labute approximate surface area is 166 Å². The summed E-state index contributed by atoms with van der Waals surface area (Å²) < 4.78 is 22.0. The Bertz CT molecular complexity index is 973. The van der Waals surface area contributed by atoms with Gasteiger partial charge in [0.25, 0.3) is 0 Å². The summed E-state index contributed by atoms with van der Waals surface area (Å²) in [5.74, 6) is 0. The van der Waals surface area contributed by atoms with E-state index in [1.165, 1.54) is 11.1 Å². The lowest BCUT2D eigenvalue weighted by Crippen LogP contribution is -2.44. The lowest BCUT2D eigenvalue weighted by atomic mass is 9.94. The number of alkyl halides is 1. The Kier molecular flexibility index (Phi) is 5.21. The first-order valence-electron chi connectivity index (χ1n) is 9.93. The molecule has 5 heteroatoms. The summed E-state index contributed by atoms with van der Waals surface area (Å²) >= 11 is 0. The van der Waals surface area contributed by atoms with E-state index >= 15 is 0 Å². The Morgan fingerprint density at radius 3 is 2.61 bits per heavy atom. The minimum Gasteiger partial charge on any atom is -0.381 e. The highest BCUT2D eigenvalue weighted by atomic mass is 19.1. The minimum atomic E-state index is -1.19. The number of likely N-dealkylation sites (tertiary alicyclic amines) is 1. The Hall–Kier alpha value is -2.24. The lowest BCUT2D eigenvalue weighted by molar-refractivity contribution is -0.0104. The lowest BCUT2D eigenvalue weighted by Gasteiger charge is -2.35. The van der Waals surface area contributed by atoms with Gasteiger partial charge < -0.3 is 9.14 Å². The Morgan fingerprint density at radius 2 is 1.89 bits per heavy atom. The highest BCUT2D eigenvalue weighted by Crippen LogP contribution is 2.31. The van der Waals surface area contributed by atoms with Gasteiger partial charge in [-0.2, -0.15) is 0 Å². The molecule has 28 heavy (non-hydrogen) atoms. The number of halogens is 1. The molecule has 0 saturated carbocycles. The van der Waals surface area contributed by atoms with Crippen LogP contribution >= 0.6 is 0 Å². The number of methoxy groups -OCH3 is 1. The van der Waals surface area contributed by atoms with Crippen molar-refractivity contribution in [1.29, 1.82) is 0 Å². The van der Waals surface area contributed by atoms with Crippen molar-refractivity contribution in [3.05, 3.63) is 59.4 Å². The first-order valence-corrected chi connectivity index (χ1v) is 9.93. The zero-order chi connectivity index (χ0) is 19.7. The van der Waals surface area contributed by atoms with Crippen LogP contribution in [0.4, 0.5) is 4.39 Å². The molecule has 0 bridgehead atoms. The normalized spacial score (nSPS) is 17.3. The predicted molar refractivity (Wildman–Crippen MR) is 110 cm³/mol. The van der Waals surface area contributed by atoms with Gasteiger partial charge >= 0.3 is 0 Å². The van der Waals surface area contributed by atoms with Gasteiger partial charge in [0.2, 0.25) is 0 Å². The van der Waals surface area contributed by atoms with Crippen LogP contribution < -0.4 is 0 Å². The topological polar surface area (TPSA) is 29.8 Å². The van der Waals surface area contributed by atoms with Gasteiger partial charge in [-0.15, -0.1) is 0 Å². The number of imidazole rings is 1. The van der Waals surface area contributed by atoms with Crippen LogP contribution in [-0.2, 0) is 11.3 Å². The Morgan fingerprint density at radius 1 is 1.11 bits per heavy atom. The van der Waals surface area contributed by atoms with Gasteiger partial charge in [-0.25, -0.2) is 9.37 Å². The summed E-state index contributed by atoms with van der Waals surface area (Å²) in [6, 6.07) is 12.6. The standard InChI is InChI=1S/C23H28FN3O/c1-17-7-8-19(14-18(17)2)22-20(27-11-5-4-6-21(27)25-22)15-26-12-9-23(24,10-13-26)16-28-3/h4-8,11,14H,9-10,12-13,15-16H2,1-3H3. The fourth-order valence-corrected chi connectivity index (χ4v) is 4.04. The van der Waals surface area contributed by atoms with Gasteiger partial charge in [0.05, 0.1) is 18.0 Å². The zero-order valence-electron chi connectivity index (χ0n) is 16.9. The molecular weight excluding hydrogens is 353 g/mol. The van der Waals surface area contributed by atoms with Crippen LogP contribution in [0.2, 0.25) is 0 Å².